The molecule has 0 fully saturated rings. The van der Waals surface area contributed by atoms with Crippen molar-refractivity contribution < 1.29 is 28.6 Å². The topological polar surface area (TPSA) is 78.9 Å². The van der Waals surface area contributed by atoms with E-state index in [0.29, 0.717) is 25.7 Å². The second-order valence-corrected chi connectivity index (χ2v) is 16.3. The lowest BCUT2D eigenvalue weighted by molar-refractivity contribution is -0.167. The highest BCUT2D eigenvalue weighted by Crippen LogP contribution is 2.14. The van der Waals surface area contributed by atoms with Gasteiger partial charge in [0.25, 0.3) is 0 Å². The molecule has 0 aromatic carbocycles. The SMILES string of the molecule is CC/C=C\C/C=C\C/C=C\C/C=C\C/C=C\CCCC(=O)O[C@H](COC(=O)CCCC/C=C\C/C=C\C/C=C\C/C=C\CC)COC(=O)CCCCCCCCCCCCCCC. The predicted molar refractivity (Wildman–Crippen MR) is 270 cm³/mol. The molecule has 0 N–H and O–H groups in total. The van der Waals surface area contributed by atoms with Crippen molar-refractivity contribution in [2.75, 3.05) is 13.2 Å². The van der Waals surface area contributed by atoms with Crippen LogP contribution in [-0.4, -0.2) is 37.2 Å². The van der Waals surface area contributed by atoms with E-state index in [9.17, 15) is 14.4 Å². The van der Waals surface area contributed by atoms with E-state index in [4.69, 9.17) is 14.2 Å². The van der Waals surface area contributed by atoms with Crippen molar-refractivity contribution in [3.8, 4) is 0 Å². The van der Waals surface area contributed by atoms with E-state index in [1.54, 1.807) is 0 Å². The number of unbranched alkanes of at least 4 members (excludes halogenated alkanes) is 15. The molecule has 0 rings (SSSR count). The van der Waals surface area contributed by atoms with Gasteiger partial charge in [-0.3, -0.25) is 14.4 Å². The maximum absolute atomic E-state index is 12.8. The molecule has 0 aliphatic heterocycles. The van der Waals surface area contributed by atoms with Gasteiger partial charge in [-0.2, -0.15) is 0 Å². The number of carbonyl (C=O) groups is 3. The third-order valence-corrected chi connectivity index (χ3v) is 10.3. The third-order valence-electron chi connectivity index (χ3n) is 10.3. The Kier molecular flexibility index (Phi) is 47.5. The summed E-state index contributed by atoms with van der Waals surface area (Å²) in [6.07, 6.45) is 67.9. The summed E-state index contributed by atoms with van der Waals surface area (Å²) in [6.45, 7) is 6.31. The summed E-state index contributed by atoms with van der Waals surface area (Å²) in [5, 5.41) is 0. The van der Waals surface area contributed by atoms with Crippen molar-refractivity contribution in [3.05, 3.63) is 109 Å². The number of allylic oxidation sites excluding steroid dienone is 18. The van der Waals surface area contributed by atoms with Gasteiger partial charge in [0, 0.05) is 19.3 Å². The minimum Gasteiger partial charge on any atom is -0.462 e. The van der Waals surface area contributed by atoms with Crippen LogP contribution in [-0.2, 0) is 28.6 Å². The molecule has 6 nitrogen and oxygen atoms in total. The predicted octanol–water partition coefficient (Wildman–Crippen LogP) is 16.8. The number of ether oxygens (including phenoxy) is 3. The van der Waals surface area contributed by atoms with Crippen LogP contribution < -0.4 is 0 Å². The first kappa shape index (κ1) is 59.1. The van der Waals surface area contributed by atoms with E-state index < -0.39 is 6.10 Å². The van der Waals surface area contributed by atoms with E-state index >= 15 is 0 Å². The van der Waals surface area contributed by atoms with Crippen molar-refractivity contribution in [1.29, 1.82) is 0 Å². The molecule has 0 aromatic rings. The van der Waals surface area contributed by atoms with Crippen molar-refractivity contribution in [2.24, 2.45) is 0 Å². The van der Waals surface area contributed by atoms with Crippen molar-refractivity contribution in [1.82, 2.24) is 0 Å². The maximum atomic E-state index is 12.8. The highest BCUT2D eigenvalue weighted by Gasteiger charge is 2.19. The minimum atomic E-state index is -0.824. The third kappa shape index (κ3) is 49.0. The molecule has 0 radical (unpaired) electrons. The van der Waals surface area contributed by atoms with Gasteiger partial charge in [-0.1, -0.05) is 207 Å². The quantitative estimate of drug-likeness (QED) is 0.0263. The van der Waals surface area contributed by atoms with Gasteiger partial charge in [-0.15, -0.1) is 0 Å². The zero-order chi connectivity index (χ0) is 45.8. The molecule has 0 saturated carbocycles. The van der Waals surface area contributed by atoms with Crippen LogP contribution in [0.1, 0.15) is 213 Å². The minimum absolute atomic E-state index is 0.114. The van der Waals surface area contributed by atoms with Gasteiger partial charge >= 0.3 is 17.9 Å². The molecular weight excluding hydrogens is 781 g/mol. The molecule has 0 heterocycles. The van der Waals surface area contributed by atoms with Crippen LogP contribution >= 0.6 is 0 Å². The Morgan fingerprint density at radius 3 is 1.02 bits per heavy atom. The van der Waals surface area contributed by atoms with Crippen molar-refractivity contribution in [2.45, 2.75) is 219 Å². The van der Waals surface area contributed by atoms with E-state index in [1.807, 2.05) is 0 Å². The van der Waals surface area contributed by atoms with Crippen molar-refractivity contribution in [3.63, 3.8) is 0 Å². The summed E-state index contributed by atoms with van der Waals surface area (Å²) in [6, 6.07) is 0. The van der Waals surface area contributed by atoms with Crippen LogP contribution in [0.3, 0.4) is 0 Å². The van der Waals surface area contributed by atoms with Crippen LogP contribution in [0.15, 0.2) is 109 Å². The fraction of sp³-hybridized carbons (Fsp3) is 0.632. The number of carbonyl (C=O) groups excluding carboxylic acids is 3. The molecule has 0 aliphatic carbocycles. The van der Waals surface area contributed by atoms with Gasteiger partial charge in [-0.25, -0.2) is 0 Å². The second-order valence-electron chi connectivity index (χ2n) is 16.3. The lowest BCUT2D eigenvalue weighted by Crippen LogP contribution is -2.30. The Bertz CT molecular complexity index is 1330. The fourth-order valence-electron chi connectivity index (χ4n) is 6.53. The first-order chi connectivity index (χ1) is 31.0. The summed E-state index contributed by atoms with van der Waals surface area (Å²) in [5.74, 6) is -1.02. The molecule has 0 saturated heterocycles. The Labute approximate surface area is 387 Å². The Morgan fingerprint density at radius 1 is 0.333 bits per heavy atom. The Morgan fingerprint density at radius 2 is 0.635 bits per heavy atom. The molecule has 0 aromatic heterocycles. The highest BCUT2D eigenvalue weighted by atomic mass is 16.6. The molecule has 1 atom stereocenters. The molecule has 0 bridgehead atoms. The van der Waals surface area contributed by atoms with E-state index in [0.717, 1.165) is 96.3 Å². The average Bonchev–Trinajstić information content (AvgIpc) is 3.28. The van der Waals surface area contributed by atoms with Crippen LogP contribution in [0.25, 0.3) is 0 Å². The zero-order valence-electron chi connectivity index (χ0n) is 40.5. The van der Waals surface area contributed by atoms with E-state index in [1.165, 1.54) is 64.2 Å². The summed E-state index contributed by atoms with van der Waals surface area (Å²) >= 11 is 0. The maximum Gasteiger partial charge on any atom is 0.306 e. The molecule has 0 spiro atoms. The average molecular weight is 873 g/mol. The zero-order valence-corrected chi connectivity index (χ0v) is 40.5. The molecule has 0 aliphatic rings. The lowest BCUT2D eigenvalue weighted by atomic mass is 10.0. The summed E-state index contributed by atoms with van der Waals surface area (Å²) < 4.78 is 16.7. The highest BCUT2D eigenvalue weighted by molar-refractivity contribution is 5.71. The Hall–Kier alpha value is -3.93. The first-order valence-electron chi connectivity index (χ1n) is 25.4. The molecular formula is C57H92O6. The fourth-order valence-corrected chi connectivity index (χ4v) is 6.53. The molecule has 6 heteroatoms. The number of hydrogen-bond donors (Lipinski definition) is 0. The molecule has 0 amide bonds. The number of esters is 3. The van der Waals surface area contributed by atoms with Gasteiger partial charge in [0.05, 0.1) is 0 Å². The van der Waals surface area contributed by atoms with Crippen LogP contribution in [0.5, 0.6) is 0 Å². The molecule has 356 valence electrons. The summed E-state index contributed by atoms with van der Waals surface area (Å²) in [4.78, 5) is 37.9. The monoisotopic (exact) mass is 873 g/mol. The van der Waals surface area contributed by atoms with Gasteiger partial charge in [-0.05, 0) is 96.3 Å². The molecule has 0 unspecified atom stereocenters. The van der Waals surface area contributed by atoms with Gasteiger partial charge in [0.1, 0.15) is 13.2 Å². The van der Waals surface area contributed by atoms with E-state index in [2.05, 4.69) is 130 Å². The van der Waals surface area contributed by atoms with Crippen LogP contribution in [0.4, 0.5) is 0 Å². The van der Waals surface area contributed by atoms with E-state index in [-0.39, 0.29) is 37.5 Å². The second kappa shape index (κ2) is 50.7. The van der Waals surface area contributed by atoms with Gasteiger partial charge in [0.15, 0.2) is 6.10 Å². The number of rotatable bonds is 44. The smallest absolute Gasteiger partial charge is 0.306 e. The molecule has 63 heavy (non-hydrogen) atoms. The van der Waals surface area contributed by atoms with Gasteiger partial charge < -0.3 is 14.2 Å². The standard InChI is InChI=1S/C57H92O6/c1-4-7-10-13-16-19-22-25-27-28-30-33-36-39-42-45-48-51-57(60)63-54(52-61-55(58)49-46-43-40-37-34-31-24-21-18-15-12-9-6-3)53-62-56(59)50-47-44-41-38-35-32-29-26-23-20-17-14-11-8-5-2/h7-8,10-11,16-17,19-20,25-27,29-30,33,35,38-39,42,54H,4-6,9,12-15,18,21-24,28,31-32,34,36-37,40-41,43-53H2,1-3H3/b10-7-,11-8-,19-16-,20-17-,27-25-,29-26-,33-30-,38-35-,42-39-/t54-/m0/s1. The largest absolute Gasteiger partial charge is 0.462 e. The first-order valence-corrected chi connectivity index (χ1v) is 25.4. The van der Waals surface area contributed by atoms with Crippen LogP contribution in [0, 0.1) is 0 Å². The normalized spacial score (nSPS) is 13.0. The van der Waals surface area contributed by atoms with Gasteiger partial charge in [0.2, 0.25) is 0 Å². The number of hydrogen-bond acceptors (Lipinski definition) is 6. The van der Waals surface area contributed by atoms with Crippen LogP contribution in [0.2, 0.25) is 0 Å². The summed E-state index contributed by atoms with van der Waals surface area (Å²) in [7, 11) is 0. The Balaban J connectivity index is 4.56. The summed E-state index contributed by atoms with van der Waals surface area (Å²) in [5.41, 5.74) is 0. The lowest BCUT2D eigenvalue weighted by Gasteiger charge is -2.18. The van der Waals surface area contributed by atoms with Crippen molar-refractivity contribution >= 4 is 17.9 Å².